The van der Waals surface area contributed by atoms with Crippen LogP contribution in [-0.4, -0.2) is 57.5 Å². The summed E-state index contributed by atoms with van der Waals surface area (Å²) in [7, 11) is -1.40. The third-order valence-electron chi connectivity index (χ3n) is 7.65. The molecule has 0 aromatic heterocycles. The molecule has 1 N–H and O–H groups in total. The molecule has 0 aliphatic rings. The standard InChI is InChI=1S/C37H41Cl2N3O6S/c1-25-12-16-29(17-13-25)49(45,46)42(28-15-19-33(47-5)34(22-28)48-6)24-35(43)41(23-27-14-18-30(38)31(39)20-27)32(36(44)40-37(2,3)4)21-26-10-8-7-9-11-26/h7-20,22,32H,21,23-24H2,1-6H3,(H,40,44)/t32-/m0/s1. The van der Waals surface area contributed by atoms with Crippen LogP contribution in [0.3, 0.4) is 0 Å². The number of carbonyl (C=O) groups excluding carboxylic acids is 2. The smallest absolute Gasteiger partial charge is 0.264 e. The van der Waals surface area contributed by atoms with Crippen molar-refractivity contribution in [3.05, 3.63) is 118 Å². The molecule has 0 aliphatic carbocycles. The summed E-state index contributed by atoms with van der Waals surface area (Å²) in [6.07, 6.45) is 0.164. The van der Waals surface area contributed by atoms with E-state index >= 15 is 0 Å². The maximum atomic E-state index is 14.7. The first-order chi connectivity index (χ1) is 23.1. The van der Waals surface area contributed by atoms with Gasteiger partial charge in [-0.15, -0.1) is 0 Å². The van der Waals surface area contributed by atoms with E-state index in [0.717, 1.165) is 15.4 Å². The van der Waals surface area contributed by atoms with Crippen LogP contribution >= 0.6 is 23.2 Å². The molecule has 4 aromatic rings. The normalized spacial score (nSPS) is 12.2. The van der Waals surface area contributed by atoms with E-state index in [0.29, 0.717) is 16.3 Å². The topological polar surface area (TPSA) is 105 Å². The van der Waals surface area contributed by atoms with E-state index in [1.165, 1.54) is 43.4 Å². The summed E-state index contributed by atoms with van der Waals surface area (Å²) < 4.78 is 40.6. The van der Waals surface area contributed by atoms with Gasteiger partial charge in [0.05, 0.1) is 34.8 Å². The fraction of sp³-hybridized carbons (Fsp3) is 0.297. The third-order valence-corrected chi connectivity index (χ3v) is 10.2. The highest BCUT2D eigenvalue weighted by Crippen LogP contribution is 2.34. The lowest BCUT2D eigenvalue weighted by Crippen LogP contribution is -2.56. The van der Waals surface area contributed by atoms with Crippen molar-refractivity contribution >= 4 is 50.7 Å². The molecule has 260 valence electrons. The minimum absolute atomic E-state index is 0.0111. The number of carbonyl (C=O) groups is 2. The maximum absolute atomic E-state index is 14.7. The Morgan fingerprint density at radius 1 is 0.816 bits per heavy atom. The number of benzene rings is 4. The molecule has 9 nitrogen and oxygen atoms in total. The molecule has 12 heteroatoms. The van der Waals surface area contributed by atoms with Gasteiger partial charge in [0.2, 0.25) is 11.8 Å². The van der Waals surface area contributed by atoms with Gasteiger partial charge >= 0.3 is 0 Å². The van der Waals surface area contributed by atoms with Gasteiger partial charge in [-0.2, -0.15) is 0 Å². The minimum atomic E-state index is -4.31. The van der Waals surface area contributed by atoms with Gasteiger partial charge in [-0.3, -0.25) is 13.9 Å². The van der Waals surface area contributed by atoms with E-state index in [1.54, 1.807) is 36.4 Å². The molecule has 49 heavy (non-hydrogen) atoms. The first-order valence-electron chi connectivity index (χ1n) is 15.5. The number of anilines is 1. The largest absolute Gasteiger partial charge is 0.493 e. The zero-order valence-corrected chi connectivity index (χ0v) is 30.7. The fourth-order valence-electron chi connectivity index (χ4n) is 5.19. The van der Waals surface area contributed by atoms with Crippen molar-refractivity contribution in [1.29, 1.82) is 0 Å². The number of methoxy groups -OCH3 is 2. The first-order valence-corrected chi connectivity index (χ1v) is 17.7. The van der Waals surface area contributed by atoms with Crippen molar-refractivity contribution in [3.63, 3.8) is 0 Å². The molecule has 4 rings (SSSR count). The van der Waals surface area contributed by atoms with Crippen LogP contribution < -0.4 is 19.1 Å². The molecule has 2 amide bonds. The highest BCUT2D eigenvalue weighted by molar-refractivity contribution is 7.92. The average Bonchev–Trinajstić information content (AvgIpc) is 3.06. The summed E-state index contributed by atoms with van der Waals surface area (Å²) in [6, 6.07) is 24.2. The lowest BCUT2D eigenvalue weighted by Gasteiger charge is -2.35. The Morgan fingerprint density at radius 2 is 1.47 bits per heavy atom. The van der Waals surface area contributed by atoms with Gasteiger partial charge in [0.1, 0.15) is 12.6 Å². The Morgan fingerprint density at radius 3 is 2.06 bits per heavy atom. The van der Waals surface area contributed by atoms with Gasteiger partial charge < -0.3 is 19.7 Å². The highest BCUT2D eigenvalue weighted by atomic mass is 35.5. The number of aryl methyl sites for hydroxylation is 1. The van der Waals surface area contributed by atoms with E-state index in [1.807, 2.05) is 58.0 Å². The van der Waals surface area contributed by atoms with Crippen molar-refractivity contribution in [2.75, 3.05) is 25.1 Å². The molecule has 0 saturated heterocycles. The van der Waals surface area contributed by atoms with Gasteiger partial charge in [0, 0.05) is 24.6 Å². The van der Waals surface area contributed by atoms with E-state index in [-0.39, 0.29) is 34.3 Å². The molecular weight excluding hydrogens is 685 g/mol. The molecule has 0 radical (unpaired) electrons. The summed E-state index contributed by atoms with van der Waals surface area (Å²) in [5, 5.41) is 3.62. The quantitative estimate of drug-likeness (QED) is 0.158. The van der Waals surface area contributed by atoms with Crippen molar-refractivity contribution in [3.8, 4) is 11.5 Å². The summed E-state index contributed by atoms with van der Waals surface area (Å²) >= 11 is 12.6. The molecule has 0 aliphatic heterocycles. The number of halogens is 2. The SMILES string of the molecule is COc1ccc(N(CC(=O)N(Cc2ccc(Cl)c(Cl)c2)[C@@H](Cc2ccccc2)C(=O)NC(C)(C)C)S(=O)(=O)c2ccc(C)cc2)cc1OC. The van der Waals surface area contributed by atoms with Gasteiger partial charge in [0.25, 0.3) is 10.0 Å². The Balaban J connectivity index is 1.87. The van der Waals surface area contributed by atoms with Crippen LogP contribution in [0.2, 0.25) is 10.0 Å². The Bertz CT molecular complexity index is 1880. The Kier molecular flexibility index (Phi) is 12.2. The predicted molar refractivity (Wildman–Crippen MR) is 194 cm³/mol. The highest BCUT2D eigenvalue weighted by Gasteiger charge is 2.36. The molecule has 0 fully saturated rings. The van der Waals surface area contributed by atoms with Crippen molar-refractivity contribution in [2.45, 2.75) is 57.1 Å². The lowest BCUT2D eigenvalue weighted by molar-refractivity contribution is -0.140. The Labute approximate surface area is 298 Å². The van der Waals surface area contributed by atoms with E-state index in [2.05, 4.69) is 5.32 Å². The maximum Gasteiger partial charge on any atom is 0.264 e. The second-order valence-electron chi connectivity index (χ2n) is 12.6. The molecule has 0 spiro atoms. The summed E-state index contributed by atoms with van der Waals surface area (Å²) in [5.41, 5.74) is 1.83. The fourth-order valence-corrected chi connectivity index (χ4v) is 6.91. The minimum Gasteiger partial charge on any atom is -0.493 e. The lowest BCUT2D eigenvalue weighted by atomic mass is 10.0. The van der Waals surface area contributed by atoms with Crippen LogP contribution in [0.15, 0.2) is 95.9 Å². The monoisotopic (exact) mass is 725 g/mol. The van der Waals surface area contributed by atoms with Gasteiger partial charge in [0.15, 0.2) is 11.5 Å². The van der Waals surface area contributed by atoms with Gasteiger partial charge in [-0.05, 0) is 75.2 Å². The molecule has 0 saturated carbocycles. The van der Waals surface area contributed by atoms with Crippen LogP contribution in [0, 0.1) is 6.92 Å². The van der Waals surface area contributed by atoms with E-state index < -0.39 is 40.0 Å². The Hall–Kier alpha value is -4.25. The molecule has 0 heterocycles. The number of amides is 2. The first kappa shape index (κ1) is 37.6. The number of nitrogens with one attached hydrogen (secondary N) is 1. The number of hydrogen-bond acceptors (Lipinski definition) is 6. The molecular formula is C37H41Cl2N3O6S. The number of rotatable bonds is 13. The van der Waals surface area contributed by atoms with Gasteiger partial charge in [-0.1, -0.05) is 77.3 Å². The van der Waals surface area contributed by atoms with Crippen LogP contribution in [0.4, 0.5) is 5.69 Å². The molecule has 1 atom stereocenters. The second-order valence-corrected chi connectivity index (χ2v) is 15.3. The van der Waals surface area contributed by atoms with Gasteiger partial charge in [-0.25, -0.2) is 8.42 Å². The summed E-state index contributed by atoms with van der Waals surface area (Å²) in [5.74, 6) is -0.366. The molecule has 0 unspecified atom stereocenters. The molecule has 0 bridgehead atoms. The number of hydrogen-bond donors (Lipinski definition) is 1. The van der Waals surface area contributed by atoms with E-state index in [9.17, 15) is 18.0 Å². The predicted octanol–water partition coefficient (Wildman–Crippen LogP) is 7.07. The zero-order valence-electron chi connectivity index (χ0n) is 28.4. The van der Waals surface area contributed by atoms with E-state index in [4.69, 9.17) is 32.7 Å². The third kappa shape index (κ3) is 9.68. The van der Waals surface area contributed by atoms with Crippen molar-refractivity contribution in [1.82, 2.24) is 10.2 Å². The zero-order chi connectivity index (χ0) is 35.9. The van der Waals surface area contributed by atoms with Crippen LogP contribution in [0.25, 0.3) is 0 Å². The number of sulfonamides is 1. The molecule has 4 aromatic carbocycles. The number of ether oxygens (including phenoxy) is 2. The average molecular weight is 727 g/mol. The van der Waals surface area contributed by atoms with Crippen LogP contribution in [0.1, 0.15) is 37.5 Å². The number of nitrogens with zero attached hydrogens (tertiary/aromatic N) is 2. The summed E-state index contributed by atoms with van der Waals surface area (Å²) in [4.78, 5) is 30.2. The van der Waals surface area contributed by atoms with Crippen LogP contribution in [0.5, 0.6) is 11.5 Å². The van der Waals surface area contributed by atoms with Crippen molar-refractivity contribution in [2.24, 2.45) is 0 Å². The summed E-state index contributed by atoms with van der Waals surface area (Å²) in [6.45, 7) is 6.70. The van der Waals surface area contributed by atoms with Crippen molar-refractivity contribution < 1.29 is 27.5 Å². The van der Waals surface area contributed by atoms with Crippen LogP contribution in [-0.2, 0) is 32.6 Å². The second kappa shape index (κ2) is 16.0.